The first-order valence-electron chi connectivity index (χ1n) is 6.96. The van der Waals surface area contributed by atoms with Crippen LogP contribution in [0.2, 0.25) is 0 Å². The molecule has 1 heterocycles. The van der Waals surface area contributed by atoms with Crippen LogP contribution in [0.1, 0.15) is 38.2 Å². The van der Waals surface area contributed by atoms with E-state index in [0.29, 0.717) is 0 Å². The van der Waals surface area contributed by atoms with Gasteiger partial charge in [0, 0.05) is 13.2 Å². The molecule has 94 valence electrons. The second-order valence-corrected chi connectivity index (χ2v) is 5.42. The number of hydrogen-bond donors (Lipinski definition) is 0. The molecule has 17 heavy (non-hydrogen) atoms. The van der Waals surface area contributed by atoms with E-state index in [-0.39, 0.29) is 0 Å². The van der Waals surface area contributed by atoms with Gasteiger partial charge in [0.15, 0.2) is 0 Å². The minimum absolute atomic E-state index is 0.846. The van der Waals surface area contributed by atoms with Crippen LogP contribution >= 0.6 is 0 Å². The maximum Gasteiger partial charge on any atom is 0.0468 e. The van der Waals surface area contributed by atoms with Crippen molar-refractivity contribution >= 4 is 0 Å². The molecule has 0 saturated carbocycles. The predicted octanol–water partition coefficient (Wildman–Crippen LogP) is 4.07. The van der Waals surface area contributed by atoms with Crippen LogP contribution in [0.3, 0.4) is 0 Å². The Morgan fingerprint density at radius 1 is 1.18 bits per heavy atom. The molecular formula is C16H24O. The molecule has 1 heteroatoms. The van der Waals surface area contributed by atoms with Crippen molar-refractivity contribution in [2.24, 2.45) is 11.8 Å². The van der Waals surface area contributed by atoms with Crippen molar-refractivity contribution in [3.63, 3.8) is 0 Å². The van der Waals surface area contributed by atoms with Crippen LogP contribution in [-0.2, 0) is 11.2 Å². The van der Waals surface area contributed by atoms with Crippen molar-refractivity contribution in [1.82, 2.24) is 0 Å². The summed E-state index contributed by atoms with van der Waals surface area (Å²) in [6, 6.07) is 10.8. The normalized spacial score (nSPS) is 19.1. The van der Waals surface area contributed by atoms with Gasteiger partial charge in [0.2, 0.25) is 0 Å². The first-order chi connectivity index (χ1) is 8.34. The highest BCUT2D eigenvalue weighted by Gasteiger charge is 2.16. The van der Waals surface area contributed by atoms with Crippen LogP contribution in [-0.4, -0.2) is 13.2 Å². The molecule has 0 N–H and O–H groups in total. The minimum Gasteiger partial charge on any atom is -0.381 e. The van der Waals surface area contributed by atoms with Gasteiger partial charge in [-0.2, -0.15) is 0 Å². The van der Waals surface area contributed by atoms with Gasteiger partial charge >= 0.3 is 0 Å². The first kappa shape index (κ1) is 12.6. The molecule has 1 aliphatic rings. The van der Waals surface area contributed by atoms with Gasteiger partial charge in [0.05, 0.1) is 0 Å². The molecule has 1 unspecified atom stereocenters. The molecule has 1 aromatic carbocycles. The Hall–Kier alpha value is -0.820. The van der Waals surface area contributed by atoms with Gasteiger partial charge in [-0.25, -0.2) is 0 Å². The Bertz CT molecular complexity index is 301. The molecule has 0 aromatic heterocycles. The molecule has 2 rings (SSSR count). The van der Waals surface area contributed by atoms with E-state index in [1.165, 1.54) is 37.7 Å². The van der Waals surface area contributed by atoms with Crippen molar-refractivity contribution in [2.75, 3.05) is 13.2 Å². The second-order valence-electron chi connectivity index (χ2n) is 5.42. The van der Waals surface area contributed by atoms with Gasteiger partial charge in [-0.15, -0.1) is 0 Å². The zero-order valence-electron chi connectivity index (χ0n) is 10.9. The summed E-state index contributed by atoms with van der Waals surface area (Å²) in [6.07, 6.45) is 6.48. The molecule has 0 spiro atoms. The van der Waals surface area contributed by atoms with Crippen molar-refractivity contribution in [3.8, 4) is 0 Å². The van der Waals surface area contributed by atoms with E-state index in [1.807, 2.05) is 0 Å². The Labute approximate surface area is 105 Å². The standard InChI is InChI=1S/C16H24O/c1-14(13-16-9-11-17-12-10-16)7-8-15-5-3-2-4-6-15/h2-6,14,16H,7-13H2,1H3. The highest BCUT2D eigenvalue weighted by Crippen LogP contribution is 2.25. The summed E-state index contributed by atoms with van der Waals surface area (Å²) in [5.74, 6) is 1.76. The van der Waals surface area contributed by atoms with Crippen LogP contribution in [0, 0.1) is 11.8 Å². The molecule has 1 fully saturated rings. The van der Waals surface area contributed by atoms with Gasteiger partial charge in [-0.1, -0.05) is 37.3 Å². The molecule has 1 saturated heterocycles. The minimum atomic E-state index is 0.846. The fraction of sp³-hybridized carbons (Fsp3) is 0.625. The fourth-order valence-electron chi connectivity index (χ4n) is 2.73. The van der Waals surface area contributed by atoms with E-state index >= 15 is 0 Å². The molecule has 0 radical (unpaired) electrons. The largest absolute Gasteiger partial charge is 0.381 e. The maximum atomic E-state index is 5.41. The second kappa shape index (κ2) is 6.80. The fourth-order valence-corrected chi connectivity index (χ4v) is 2.73. The third-order valence-corrected chi connectivity index (χ3v) is 3.85. The van der Waals surface area contributed by atoms with Crippen LogP contribution < -0.4 is 0 Å². The van der Waals surface area contributed by atoms with Crippen LogP contribution in [0.5, 0.6) is 0 Å². The van der Waals surface area contributed by atoms with Crippen molar-refractivity contribution in [3.05, 3.63) is 35.9 Å². The molecule has 0 amide bonds. The third-order valence-electron chi connectivity index (χ3n) is 3.85. The van der Waals surface area contributed by atoms with E-state index in [1.54, 1.807) is 0 Å². The van der Waals surface area contributed by atoms with Crippen molar-refractivity contribution in [1.29, 1.82) is 0 Å². The number of rotatable bonds is 5. The Morgan fingerprint density at radius 3 is 2.59 bits per heavy atom. The number of ether oxygens (including phenoxy) is 1. The highest BCUT2D eigenvalue weighted by molar-refractivity contribution is 5.14. The van der Waals surface area contributed by atoms with Crippen molar-refractivity contribution < 1.29 is 4.74 Å². The van der Waals surface area contributed by atoms with Crippen LogP contribution in [0.15, 0.2) is 30.3 Å². The maximum absolute atomic E-state index is 5.41. The van der Waals surface area contributed by atoms with Gasteiger partial charge in [0.25, 0.3) is 0 Å². The zero-order valence-corrected chi connectivity index (χ0v) is 10.9. The highest BCUT2D eigenvalue weighted by atomic mass is 16.5. The Morgan fingerprint density at radius 2 is 1.88 bits per heavy atom. The summed E-state index contributed by atoms with van der Waals surface area (Å²) in [6.45, 7) is 4.37. The average Bonchev–Trinajstić information content (AvgIpc) is 2.39. The molecule has 1 atom stereocenters. The van der Waals surface area contributed by atoms with E-state index in [2.05, 4.69) is 37.3 Å². The van der Waals surface area contributed by atoms with Gasteiger partial charge in [-0.3, -0.25) is 0 Å². The summed E-state index contributed by atoms with van der Waals surface area (Å²) in [5.41, 5.74) is 1.48. The molecule has 0 aliphatic carbocycles. The Balaban J connectivity index is 1.68. The van der Waals surface area contributed by atoms with E-state index in [9.17, 15) is 0 Å². The van der Waals surface area contributed by atoms with Gasteiger partial charge < -0.3 is 4.74 Å². The molecular weight excluding hydrogens is 208 g/mol. The molecule has 1 aromatic rings. The zero-order chi connectivity index (χ0) is 11.9. The first-order valence-corrected chi connectivity index (χ1v) is 6.96. The summed E-state index contributed by atoms with van der Waals surface area (Å²) in [7, 11) is 0. The predicted molar refractivity (Wildman–Crippen MR) is 72.1 cm³/mol. The lowest BCUT2D eigenvalue weighted by Gasteiger charge is -2.24. The monoisotopic (exact) mass is 232 g/mol. The molecule has 1 aliphatic heterocycles. The lowest BCUT2D eigenvalue weighted by Crippen LogP contribution is -2.18. The summed E-state index contributed by atoms with van der Waals surface area (Å²) in [5, 5.41) is 0. The summed E-state index contributed by atoms with van der Waals surface area (Å²) >= 11 is 0. The number of benzene rings is 1. The Kier molecular flexibility index (Phi) is 5.06. The van der Waals surface area contributed by atoms with E-state index < -0.39 is 0 Å². The van der Waals surface area contributed by atoms with E-state index in [0.717, 1.165) is 25.0 Å². The smallest absolute Gasteiger partial charge is 0.0468 e. The quantitative estimate of drug-likeness (QED) is 0.743. The summed E-state index contributed by atoms with van der Waals surface area (Å²) < 4.78 is 5.41. The number of hydrogen-bond acceptors (Lipinski definition) is 1. The topological polar surface area (TPSA) is 9.23 Å². The lowest BCUT2D eigenvalue weighted by molar-refractivity contribution is 0.0590. The average molecular weight is 232 g/mol. The van der Waals surface area contributed by atoms with E-state index in [4.69, 9.17) is 4.74 Å². The molecule has 1 nitrogen and oxygen atoms in total. The molecule has 0 bridgehead atoms. The lowest BCUT2D eigenvalue weighted by atomic mass is 9.87. The van der Waals surface area contributed by atoms with Crippen LogP contribution in [0.25, 0.3) is 0 Å². The summed E-state index contributed by atoms with van der Waals surface area (Å²) in [4.78, 5) is 0. The number of aryl methyl sites for hydroxylation is 1. The third kappa shape index (κ3) is 4.51. The van der Waals surface area contributed by atoms with Crippen LogP contribution in [0.4, 0.5) is 0 Å². The van der Waals surface area contributed by atoms with Gasteiger partial charge in [0.1, 0.15) is 0 Å². The van der Waals surface area contributed by atoms with Crippen molar-refractivity contribution in [2.45, 2.75) is 39.0 Å². The SMILES string of the molecule is CC(CCc1ccccc1)CC1CCOCC1. The van der Waals surface area contributed by atoms with Gasteiger partial charge in [-0.05, 0) is 49.5 Å².